The van der Waals surface area contributed by atoms with Crippen molar-refractivity contribution in [1.29, 1.82) is 0 Å². The van der Waals surface area contributed by atoms with Crippen molar-refractivity contribution in [1.82, 2.24) is 14.9 Å². The molecular formula is C25H38N6O12. The van der Waals surface area contributed by atoms with Gasteiger partial charge in [-0.05, 0) is 31.7 Å². The summed E-state index contributed by atoms with van der Waals surface area (Å²) in [5.41, 5.74) is 7.97. The first-order valence-corrected chi connectivity index (χ1v) is 13.9. The summed E-state index contributed by atoms with van der Waals surface area (Å²) in [7, 11) is 0. The van der Waals surface area contributed by atoms with Crippen LogP contribution in [0, 0.1) is 6.92 Å². The lowest BCUT2D eigenvalue weighted by molar-refractivity contribution is -0.270. The van der Waals surface area contributed by atoms with E-state index in [1.165, 1.54) is 24.6 Å². The second-order valence-electron chi connectivity index (χ2n) is 10.2. The molecule has 1 aromatic rings. The van der Waals surface area contributed by atoms with E-state index in [2.05, 4.69) is 20.3 Å². The van der Waals surface area contributed by atoms with Crippen LogP contribution in [-0.4, -0.2) is 106 Å². The van der Waals surface area contributed by atoms with E-state index in [4.69, 9.17) is 29.2 Å². The average molecular weight is 615 g/mol. The number of unbranched alkanes of at least 4 members (excludes halogenated alkanes) is 3. The Bertz CT molecular complexity index is 1250. The molecule has 8 unspecified atom stereocenters. The predicted molar refractivity (Wildman–Crippen MR) is 145 cm³/mol. The Hall–Kier alpha value is -3.51. The van der Waals surface area contributed by atoms with Gasteiger partial charge in [-0.15, -0.1) is 0 Å². The van der Waals surface area contributed by atoms with E-state index in [9.17, 15) is 34.5 Å². The number of carbonyl (C=O) groups excluding carboxylic acids is 2. The van der Waals surface area contributed by atoms with Gasteiger partial charge in [-0.3, -0.25) is 19.1 Å². The molecule has 43 heavy (non-hydrogen) atoms. The third kappa shape index (κ3) is 9.49. The number of nitrogens with zero attached hydrogens (tertiary/aromatic N) is 4. The van der Waals surface area contributed by atoms with E-state index < -0.39 is 78.9 Å². The molecule has 1 amide bonds. The van der Waals surface area contributed by atoms with E-state index in [1.807, 2.05) is 0 Å². The summed E-state index contributed by atoms with van der Waals surface area (Å²) in [5.74, 6) is -0.442. The van der Waals surface area contributed by atoms with E-state index in [-0.39, 0.29) is 26.2 Å². The maximum atomic E-state index is 12.2. The largest absolute Gasteiger partial charge is 0.508 e. The molecule has 8 atom stereocenters. The number of nitrogens with one attached hydrogen (secondary N) is 2. The van der Waals surface area contributed by atoms with Crippen molar-refractivity contribution in [3.63, 3.8) is 0 Å². The Morgan fingerprint density at radius 1 is 1.14 bits per heavy atom. The van der Waals surface area contributed by atoms with Crippen LogP contribution < -0.4 is 16.6 Å². The standard InChI is InChI=1S/C25H38N6O12/c1-13-10-31(24(37)28-22(13)36)18-9-15(29-30-26)17(42-18)12-41-25(38)40-8-6-4-3-5-7-39-23-19(27-14(2)33)21(35)20(34)16(11-32)43-23/h10,15-21,23,32,34-35H,3-9,11-12H2,1-2H3,(H,27,33)(H,28,36,37). The number of aliphatic hydroxyl groups is 3. The summed E-state index contributed by atoms with van der Waals surface area (Å²) in [6.45, 7) is 2.27. The molecule has 240 valence electrons. The van der Waals surface area contributed by atoms with E-state index >= 15 is 0 Å². The van der Waals surface area contributed by atoms with E-state index in [0.29, 0.717) is 31.2 Å². The van der Waals surface area contributed by atoms with Crippen molar-refractivity contribution < 1.29 is 48.6 Å². The highest BCUT2D eigenvalue weighted by molar-refractivity contribution is 5.73. The van der Waals surface area contributed by atoms with Crippen molar-refractivity contribution in [2.75, 3.05) is 26.4 Å². The lowest BCUT2D eigenvalue weighted by Crippen LogP contribution is -2.64. The molecule has 0 aliphatic carbocycles. The minimum Gasteiger partial charge on any atom is -0.434 e. The Kier molecular flexibility index (Phi) is 12.9. The van der Waals surface area contributed by atoms with E-state index in [0.717, 1.165) is 0 Å². The lowest BCUT2D eigenvalue weighted by Gasteiger charge is -2.42. The van der Waals surface area contributed by atoms with Crippen LogP contribution in [0.5, 0.6) is 0 Å². The Morgan fingerprint density at radius 3 is 2.53 bits per heavy atom. The van der Waals surface area contributed by atoms with Crippen molar-refractivity contribution in [2.24, 2.45) is 5.11 Å². The van der Waals surface area contributed by atoms with Crippen LogP contribution in [0.1, 0.15) is 50.8 Å². The van der Waals surface area contributed by atoms with Gasteiger partial charge in [0.25, 0.3) is 5.56 Å². The lowest BCUT2D eigenvalue weighted by atomic mass is 9.97. The summed E-state index contributed by atoms with van der Waals surface area (Å²) >= 11 is 0. The minimum absolute atomic E-state index is 0.0816. The first-order valence-electron chi connectivity index (χ1n) is 13.9. The number of rotatable bonds is 14. The smallest absolute Gasteiger partial charge is 0.434 e. The van der Waals surface area contributed by atoms with Crippen molar-refractivity contribution in [3.8, 4) is 0 Å². The van der Waals surface area contributed by atoms with Crippen LogP contribution in [0.3, 0.4) is 0 Å². The molecule has 0 bridgehead atoms. The molecular weight excluding hydrogens is 576 g/mol. The van der Waals surface area contributed by atoms with Crippen LogP contribution in [-0.2, 0) is 28.5 Å². The molecule has 5 N–H and O–H groups in total. The molecule has 3 rings (SSSR count). The van der Waals surface area contributed by atoms with Crippen molar-refractivity contribution in [2.45, 2.75) is 95.0 Å². The van der Waals surface area contributed by atoms with Gasteiger partial charge in [-0.25, -0.2) is 9.59 Å². The average Bonchev–Trinajstić information content (AvgIpc) is 3.36. The van der Waals surface area contributed by atoms with Gasteiger partial charge in [0.15, 0.2) is 6.29 Å². The Labute approximate surface area is 245 Å². The highest BCUT2D eigenvalue weighted by atomic mass is 16.7. The number of aryl methyl sites for hydroxylation is 1. The number of aromatic nitrogens is 2. The molecule has 0 aromatic carbocycles. The summed E-state index contributed by atoms with van der Waals surface area (Å²) in [5, 5.41) is 35.9. The first kappa shape index (κ1) is 34.0. The van der Waals surface area contributed by atoms with Crippen LogP contribution in [0.4, 0.5) is 4.79 Å². The van der Waals surface area contributed by atoms with Gasteiger partial charge in [0.05, 0.1) is 19.3 Å². The van der Waals surface area contributed by atoms with Gasteiger partial charge in [-0.1, -0.05) is 11.5 Å². The van der Waals surface area contributed by atoms with Crippen LogP contribution in [0.25, 0.3) is 10.4 Å². The molecule has 18 heteroatoms. The number of ether oxygens (including phenoxy) is 5. The fourth-order valence-corrected chi connectivity index (χ4v) is 4.74. The molecule has 0 spiro atoms. The molecule has 2 fully saturated rings. The molecule has 2 saturated heterocycles. The predicted octanol–water partition coefficient (Wildman–Crippen LogP) is -0.515. The molecule has 2 aliphatic rings. The molecule has 0 saturated carbocycles. The van der Waals surface area contributed by atoms with Crippen LogP contribution in [0.2, 0.25) is 0 Å². The number of aliphatic hydroxyl groups excluding tert-OH is 3. The summed E-state index contributed by atoms with van der Waals surface area (Å²) in [6, 6.07) is -1.73. The maximum absolute atomic E-state index is 12.2. The molecule has 3 heterocycles. The maximum Gasteiger partial charge on any atom is 0.508 e. The number of H-pyrrole nitrogens is 1. The zero-order valence-electron chi connectivity index (χ0n) is 23.9. The topological polar surface area (TPSA) is 257 Å². The van der Waals surface area contributed by atoms with Crippen LogP contribution >= 0.6 is 0 Å². The van der Waals surface area contributed by atoms with Gasteiger partial charge in [0, 0.05) is 36.6 Å². The van der Waals surface area contributed by atoms with Gasteiger partial charge in [0.1, 0.15) is 43.3 Å². The SMILES string of the molecule is CC(=O)NC1C(OCCCCCCOC(=O)OCC2OC(n3cc(C)c(=O)[nH]c3=O)CC2N=[N+]=[N-])OC(CO)C(O)C1O. The number of azide groups is 1. The normalized spacial score (nSPS) is 28.6. The minimum atomic E-state index is -1.39. The monoisotopic (exact) mass is 614 g/mol. The second kappa shape index (κ2) is 16.4. The quantitative estimate of drug-likeness (QED) is 0.0583. The zero-order valence-corrected chi connectivity index (χ0v) is 23.9. The van der Waals surface area contributed by atoms with Gasteiger partial charge >= 0.3 is 11.8 Å². The number of amides is 1. The fraction of sp³-hybridized carbons (Fsp3) is 0.760. The van der Waals surface area contributed by atoms with Gasteiger partial charge < -0.3 is 44.3 Å². The number of hydrogen-bond acceptors (Lipinski definition) is 13. The van der Waals surface area contributed by atoms with Gasteiger partial charge in [-0.2, -0.15) is 0 Å². The number of carbonyl (C=O) groups is 2. The third-order valence-electron chi connectivity index (χ3n) is 7.02. The third-order valence-corrected chi connectivity index (χ3v) is 7.02. The highest BCUT2D eigenvalue weighted by Crippen LogP contribution is 2.30. The molecule has 0 radical (unpaired) electrons. The number of hydrogen-bond donors (Lipinski definition) is 5. The Balaban J connectivity index is 1.33. The number of aromatic amines is 1. The molecule has 2 aliphatic heterocycles. The fourth-order valence-electron chi connectivity index (χ4n) is 4.74. The summed E-state index contributed by atoms with van der Waals surface area (Å²) in [6.07, 6.45) is -3.53. The Morgan fingerprint density at radius 2 is 1.86 bits per heavy atom. The van der Waals surface area contributed by atoms with Gasteiger partial charge in [0.2, 0.25) is 5.91 Å². The summed E-state index contributed by atoms with van der Waals surface area (Å²) in [4.78, 5) is 52.3. The zero-order chi connectivity index (χ0) is 31.5. The van der Waals surface area contributed by atoms with E-state index in [1.54, 1.807) is 0 Å². The van der Waals surface area contributed by atoms with Crippen LogP contribution in [0.15, 0.2) is 20.9 Å². The first-order chi connectivity index (χ1) is 20.5. The second-order valence-corrected chi connectivity index (χ2v) is 10.2. The summed E-state index contributed by atoms with van der Waals surface area (Å²) < 4.78 is 28.3. The molecule has 18 nitrogen and oxygen atoms in total. The van der Waals surface area contributed by atoms with Crippen molar-refractivity contribution in [3.05, 3.63) is 43.0 Å². The molecule has 1 aromatic heterocycles. The van der Waals surface area contributed by atoms with Crippen molar-refractivity contribution >= 4 is 12.1 Å². The highest BCUT2D eigenvalue weighted by Gasteiger charge is 2.45.